The van der Waals surface area contributed by atoms with Crippen molar-refractivity contribution >= 4 is 22.4 Å². The number of hydrogen-bond donors (Lipinski definition) is 2. The summed E-state index contributed by atoms with van der Waals surface area (Å²) in [4.78, 5) is 26.5. The summed E-state index contributed by atoms with van der Waals surface area (Å²) in [6, 6.07) is 8.13. The first-order valence-electron chi connectivity index (χ1n) is 7.06. The number of fused-ring (bicyclic) bond motifs is 1. The van der Waals surface area contributed by atoms with Gasteiger partial charge < -0.3 is 10.3 Å². The number of carbonyl (C=O) groups is 1. The molecule has 2 N–H and O–H groups in total. The molecule has 0 aliphatic rings. The van der Waals surface area contributed by atoms with Crippen LogP contribution in [0.2, 0.25) is 0 Å². The number of alkyl halides is 3. The van der Waals surface area contributed by atoms with Gasteiger partial charge in [-0.15, -0.1) is 0 Å². The van der Waals surface area contributed by atoms with Gasteiger partial charge in [0.15, 0.2) is 0 Å². The van der Waals surface area contributed by atoms with Gasteiger partial charge in [0.1, 0.15) is 5.82 Å². The second-order valence-electron chi connectivity index (χ2n) is 5.22. The van der Waals surface area contributed by atoms with Crippen LogP contribution in [-0.4, -0.2) is 10.9 Å². The number of aromatic amines is 1. The van der Waals surface area contributed by atoms with Crippen molar-refractivity contribution < 1.29 is 22.4 Å². The van der Waals surface area contributed by atoms with Gasteiger partial charge in [-0.1, -0.05) is 6.07 Å². The molecule has 128 valence electrons. The summed E-state index contributed by atoms with van der Waals surface area (Å²) in [7, 11) is 0. The molecular weight excluding hydrogens is 340 g/mol. The smallest absolute Gasteiger partial charge is 0.329 e. The summed E-state index contributed by atoms with van der Waals surface area (Å²) in [5.74, 6) is -2.31. The lowest BCUT2D eigenvalue weighted by Crippen LogP contribution is -2.16. The molecule has 0 atom stereocenters. The molecule has 0 spiro atoms. The Bertz CT molecular complexity index is 1030. The summed E-state index contributed by atoms with van der Waals surface area (Å²) in [5, 5.41) is 3.19. The predicted octanol–water partition coefficient (Wildman–Crippen LogP) is 3.94. The minimum absolute atomic E-state index is 0.256. The first-order valence-corrected chi connectivity index (χ1v) is 7.06. The minimum Gasteiger partial charge on any atom is -0.329 e. The Labute approximate surface area is 138 Å². The predicted molar refractivity (Wildman–Crippen MR) is 83.9 cm³/mol. The second kappa shape index (κ2) is 6.04. The molecule has 1 amide bonds. The first kappa shape index (κ1) is 16.7. The molecule has 1 heterocycles. The van der Waals surface area contributed by atoms with Crippen LogP contribution in [-0.2, 0) is 6.18 Å². The molecule has 0 unspecified atom stereocenters. The van der Waals surface area contributed by atoms with E-state index in [1.807, 2.05) is 0 Å². The third kappa shape index (κ3) is 3.23. The molecule has 3 rings (SSSR count). The number of aromatic nitrogens is 1. The van der Waals surface area contributed by atoms with Crippen molar-refractivity contribution in [2.75, 3.05) is 5.32 Å². The molecule has 4 nitrogen and oxygen atoms in total. The van der Waals surface area contributed by atoms with E-state index in [4.69, 9.17) is 0 Å². The van der Waals surface area contributed by atoms with Gasteiger partial charge in [0.25, 0.3) is 11.5 Å². The SMILES string of the molecule is O=C(Nc1cccc2c(=O)[nH]ccc12)c1ccc(F)c(C(F)(F)F)c1. The molecular formula is C17H10F4N2O2. The highest BCUT2D eigenvalue weighted by Crippen LogP contribution is 2.32. The fourth-order valence-electron chi connectivity index (χ4n) is 2.41. The molecule has 0 saturated carbocycles. The summed E-state index contributed by atoms with van der Waals surface area (Å²) >= 11 is 0. The topological polar surface area (TPSA) is 62.0 Å². The van der Waals surface area contributed by atoms with Gasteiger partial charge in [0, 0.05) is 28.2 Å². The molecule has 25 heavy (non-hydrogen) atoms. The number of anilines is 1. The number of carbonyl (C=O) groups excluding carboxylic acids is 1. The summed E-state index contributed by atoms with van der Waals surface area (Å²) < 4.78 is 51.6. The molecule has 8 heteroatoms. The van der Waals surface area contributed by atoms with Gasteiger partial charge in [0.2, 0.25) is 0 Å². The number of halogens is 4. The van der Waals surface area contributed by atoms with E-state index >= 15 is 0 Å². The van der Waals surface area contributed by atoms with E-state index in [0.29, 0.717) is 22.9 Å². The highest BCUT2D eigenvalue weighted by Gasteiger charge is 2.34. The van der Waals surface area contributed by atoms with E-state index < -0.39 is 23.5 Å². The van der Waals surface area contributed by atoms with Crippen molar-refractivity contribution in [3.05, 3.63) is 76.0 Å². The van der Waals surface area contributed by atoms with E-state index in [1.54, 1.807) is 12.1 Å². The Morgan fingerprint density at radius 2 is 1.80 bits per heavy atom. The number of rotatable bonds is 2. The quantitative estimate of drug-likeness (QED) is 0.688. The number of amides is 1. The molecule has 0 radical (unpaired) electrons. The van der Waals surface area contributed by atoms with Gasteiger partial charge in [0.05, 0.1) is 5.56 Å². The van der Waals surface area contributed by atoms with E-state index in [1.165, 1.54) is 18.3 Å². The van der Waals surface area contributed by atoms with Gasteiger partial charge in [-0.3, -0.25) is 9.59 Å². The van der Waals surface area contributed by atoms with Crippen LogP contribution in [0.4, 0.5) is 23.2 Å². The van der Waals surface area contributed by atoms with Crippen LogP contribution in [0.25, 0.3) is 10.8 Å². The lowest BCUT2D eigenvalue weighted by Gasteiger charge is -2.11. The largest absolute Gasteiger partial charge is 0.419 e. The fourth-order valence-corrected chi connectivity index (χ4v) is 2.41. The van der Waals surface area contributed by atoms with Gasteiger partial charge in [-0.05, 0) is 36.4 Å². The first-order chi connectivity index (χ1) is 11.8. The molecule has 2 aromatic carbocycles. The van der Waals surface area contributed by atoms with Crippen molar-refractivity contribution in [2.45, 2.75) is 6.18 Å². The molecule has 0 aliphatic carbocycles. The number of nitrogens with one attached hydrogen (secondary N) is 2. The molecule has 3 aromatic rings. The average molecular weight is 350 g/mol. The lowest BCUT2D eigenvalue weighted by atomic mass is 10.1. The summed E-state index contributed by atoms with van der Waals surface area (Å²) in [6.45, 7) is 0. The standard InChI is InChI=1S/C17H10F4N2O2/c18-13-5-4-9(8-12(13)17(19,20)21)15(24)23-14-3-1-2-11-10(14)6-7-22-16(11)25/h1-8H,(H,22,25)(H,23,24). The maximum atomic E-state index is 13.3. The highest BCUT2D eigenvalue weighted by atomic mass is 19.4. The van der Waals surface area contributed by atoms with E-state index in [0.717, 1.165) is 6.07 Å². The zero-order valence-electron chi connectivity index (χ0n) is 12.4. The Morgan fingerprint density at radius 3 is 2.52 bits per heavy atom. The van der Waals surface area contributed by atoms with Crippen LogP contribution in [0.5, 0.6) is 0 Å². The number of hydrogen-bond acceptors (Lipinski definition) is 2. The Hall–Kier alpha value is -3.16. The van der Waals surface area contributed by atoms with E-state index in [9.17, 15) is 27.2 Å². The van der Waals surface area contributed by atoms with Crippen LogP contribution in [0, 0.1) is 5.82 Å². The van der Waals surface area contributed by atoms with Gasteiger partial charge in [-0.25, -0.2) is 4.39 Å². The van der Waals surface area contributed by atoms with Crippen LogP contribution in [0.1, 0.15) is 15.9 Å². The Kier molecular flexibility index (Phi) is 4.03. The number of benzene rings is 2. The summed E-state index contributed by atoms with van der Waals surface area (Å²) in [5.41, 5.74) is -1.98. The van der Waals surface area contributed by atoms with Crippen molar-refractivity contribution in [1.82, 2.24) is 4.98 Å². The minimum atomic E-state index is -4.91. The number of H-pyrrole nitrogens is 1. The highest BCUT2D eigenvalue weighted by molar-refractivity contribution is 6.09. The zero-order valence-corrected chi connectivity index (χ0v) is 12.4. The van der Waals surface area contributed by atoms with Crippen LogP contribution >= 0.6 is 0 Å². The molecule has 0 saturated heterocycles. The molecule has 0 bridgehead atoms. The lowest BCUT2D eigenvalue weighted by molar-refractivity contribution is -0.140. The normalized spacial score (nSPS) is 11.5. The van der Waals surface area contributed by atoms with Crippen LogP contribution < -0.4 is 10.9 Å². The summed E-state index contributed by atoms with van der Waals surface area (Å²) in [6.07, 6.45) is -3.52. The maximum absolute atomic E-state index is 13.3. The third-order valence-corrected chi connectivity index (χ3v) is 3.60. The fraction of sp³-hybridized carbons (Fsp3) is 0.0588. The monoisotopic (exact) mass is 350 g/mol. The van der Waals surface area contributed by atoms with Gasteiger partial charge in [-0.2, -0.15) is 13.2 Å². The van der Waals surface area contributed by atoms with E-state index in [2.05, 4.69) is 10.3 Å². The van der Waals surface area contributed by atoms with Crippen LogP contribution in [0.15, 0.2) is 53.5 Å². The Morgan fingerprint density at radius 1 is 1.04 bits per heavy atom. The number of pyridine rings is 1. The average Bonchev–Trinajstić information content (AvgIpc) is 2.55. The van der Waals surface area contributed by atoms with Gasteiger partial charge >= 0.3 is 6.18 Å². The molecule has 0 aliphatic heterocycles. The second-order valence-corrected chi connectivity index (χ2v) is 5.22. The van der Waals surface area contributed by atoms with Crippen molar-refractivity contribution in [3.8, 4) is 0 Å². The van der Waals surface area contributed by atoms with Crippen molar-refractivity contribution in [2.24, 2.45) is 0 Å². The molecule has 1 aromatic heterocycles. The third-order valence-electron chi connectivity index (χ3n) is 3.60. The molecule has 0 fully saturated rings. The van der Waals surface area contributed by atoms with E-state index in [-0.39, 0.29) is 16.8 Å². The zero-order chi connectivity index (χ0) is 18.2. The Balaban J connectivity index is 1.99. The van der Waals surface area contributed by atoms with Crippen molar-refractivity contribution in [1.29, 1.82) is 0 Å². The maximum Gasteiger partial charge on any atom is 0.419 e. The van der Waals surface area contributed by atoms with Crippen molar-refractivity contribution in [3.63, 3.8) is 0 Å². The van der Waals surface area contributed by atoms with Crippen LogP contribution in [0.3, 0.4) is 0 Å².